The number of carboxylic acid groups (broad SMARTS) is 1. The summed E-state index contributed by atoms with van der Waals surface area (Å²) in [5.41, 5.74) is -0.228. The molecule has 1 heterocycles. The Labute approximate surface area is 187 Å². The lowest BCUT2D eigenvalue weighted by molar-refractivity contribution is -0.169. The highest BCUT2D eigenvalue weighted by Crippen LogP contribution is 2.58. The van der Waals surface area contributed by atoms with Gasteiger partial charge in [-0.25, -0.2) is 4.79 Å². The second kappa shape index (κ2) is 8.52. The van der Waals surface area contributed by atoms with Crippen LogP contribution < -0.4 is 0 Å². The van der Waals surface area contributed by atoms with Crippen LogP contribution in [0.2, 0.25) is 0 Å². The fraction of sp³-hybridized carbons (Fsp3) is 0.750. The van der Waals surface area contributed by atoms with E-state index in [1.54, 1.807) is 13.8 Å². The number of hydrogen-bond acceptors (Lipinski definition) is 7. The van der Waals surface area contributed by atoms with Gasteiger partial charge in [0.25, 0.3) is 0 Å². The zero-order valence-corrected chi connectivity index (χ0v) is 18.7. The predicted molar refractivity (Wildman–Crippen MR) is 111 cm³/mol. The predicted octanol–water partition coefficient (Wildman–Crippen LogP) is 3.03. The molecule has 1 N–H and O–H groups in total. The topological polar surface area (TPSA) is 116 Å². The zero-order chi connectivity index (χ0) is 23.2. The number of rotatable bonds is 8. The number of carboxylic acids is 1. The summed E-state index contributed by atoms with van der Waals surface area (Å²) in [6, 6.07) is 0. The van der Waals surface area contributed by atoms with Crippen LogP contribution in [-0.2, 0) is 33.4 Å². The number of carbonyl (C=O) groups is 4. The summed E-state index contributed by atoms with van der Waals surface area (Å²) >= 11 is 0. The van der Waals surface area contributed by atoms with E-state index in [9.17, 15) is 24.3 Å². The molecule has 0 amide bonds. The Morgan fingerprint density at radius 3 is 2.53 bits per heavy atom. The molecule has 8 nitrogen and oxygen atoms in total. The van der Waals surface area contributed by atoms with Crippen LogP contribution in [0.15, 0.2) is 12.2 Å². The van der Waals surface area contributed by atoms with E-state index in [0.29, 0.717) is 24.8 Å². The summed E-state index contributed by atoms with van der Waals surface area (Å²) < 4.78 is 17.0. The van der Waals surface area contributed by atoms with Crippen molar-refractivity contribution in [2.45, 2.75) is 83.0 Å². The number of hydrogen-bond donors (Lipinski definition) is 1. The van der Waals surface area contributed by atoms with Gasteiger partial charge in [0.05, 0.1) is 17.8 Å². The minimum absolute atomic E-state index is 0.186. The van der Waals surface area contributed by atoms with Crippen molar-refractivity contribution in [1.82, 2.24) is 0 Å². The van der Waals surface area contributed by atoms with Gasteiger partial charge in [0, 0.05) is 17.4 Å². The lowest BCUT2D eigenvalue weighted by Crippen LogP contribution is -2.44. The fourth-order valence-corrected chi connectivity index (χ4v) is 6.21. The van der Waals surface area contributed by atoms with E-state index >= 15 is 0 Å². The average Bonchev–Trinajstić information content (AvgIpc) is 3.36. The third-order valence-electron chi connectivity index (χ3n) is 7.94. The highest BCUT2D eigenvalue weighted by molar-refractivity contribution is 5.87. The Morgan fingerprint density at radius 1 is 1.22 bits per heavy atom. The third-order valence-corrected chi connectivity index (χ3v) is 7.94. The molecule has 0 aromatic carbocycles. The monoisotopic (exact) mass is 448 g/mol. The molecule has 3 saturated carbocycles. The van der Waals surface area contributed by atoms with Crippen LogP contribution in [0.5, 0.6) is 0 Å². The largest absolute Gasteiger partial charge is 0.481 e. The summed E-state index contributed by atoms with van der Waals surface area (Å²) in [5.74, 6) is -4.86. The molecule has 0 spiro atoms. The molecule has 7 atom stereocenters. The minimum Gasteiger partial charge on any atom is -0.481 e. The highest BCUT2D eigenvalue weighted by Gasteiger charge is 2.70. The third kappa shape index (κ3) is 3.92. The van der Waals surface area contributed by atoms with Crippen molar-refractivity contribution in [3.05, 3.63) is 12.2 Å². The van der Waals surface area contributed by atoms with Crippen molar-refractivity contribution in [3.8, 4) is 0 Å². The first-order valence-corrected chi connectivity index (χ1v) is 11.7. The molecule has 32 heavy (non-hydrogen) atoms. The molecular weight excluding hydrogens is 416 g/mol. The molecule has 4 fully saturated rings. The molecule has 0 radical (unpaired) electrons. The Balaban J connectivity index is 1.38. The SMILES string of the molecule is C=C(C)C(=O)OC1(CCC(C)C(=O)OC2C3CC4C2OC(=O)C4C3C(=O)O)CCCCC1. The molecule has 0 aromatic heterocycles. The first kappa shape index (κ1) is 22.8. The maximum absolute atomic E-state index is 12.9. The van der Waals surface area contributed by atoms with Crippen molar-refractivity contribution in [2.24, 2.45) is 29.6 Å². The molecule has 176 valence electrons. The molecule has 4 aliphatic rings. The summed E-state index contributed by atoms with van der Waals surface area (Å²) in [6.45, 7) is 7.06. The first-order valence-electron chi connectivity index (χ1n) is 11.7. The molecule has 4 rings (SSSR count). The molecule has 1 saturated heterocycles. The van der Waals surface area contributed by atoms with E-state index in [0.717, 1.165) is 32.1 Å². The van der Waals surface area contributed by atoms with Gasteiger partial charge in [-0.1, -0.05) is 19.9 Å². The quantitative estimate of drug-likeness (QED) is 0.342. The van der Waals surface area contributed by atoms with Crippen molar-refractivity contribution in [2.75, 3.05) is 0 Å². The average molecular weight is 449 g/mol. The molecule has 2 bridgehead atoms. The number of fused-ring (bicyclic) bond motifs is 1. The lowest BCUT2D eigenvalue weighted by atomic mass is 9.78. The summed E-state index contributed by atoms with van der Waals surface area (Å²) in [7, 11) is 0. The Kier molecular flexibility index (Phi) is 6.07. The van der Waals surface area contributed by atoms with Gasteiger partial charge in [-0.15, -0.1) is 0 Å². The summed E-state index contributed by atoms with van der Waals surface area (Å²) in [6.07, 6.45) is 4.89. The van der Waals surface area contributed by atoms with Crippen molar-refractivity contribution < 1.29 is 38.5 Å². The van der Waals surface area contributed by atoms with Crippen LogP contribution in [0, 0.1) is 29.6 Å². The van der Waals surface area contributed by atoms with Crippen LogP contribution in [0.1, 0.15) is 65.2 Å². The maximum Gasteiger partial charge on any atom is 0.333 e. The van der Waals surface area contributed by atoms with E-state index in [1.165, 1.54) is 0 Å². The number of ether oxygens (including phenoxy) is 3. The Hall–Kier alpha value is -2.38. The van der Waals surface area contributed by atoms with Gasteiger partial charge >= 0.3 is 23.9 Å². The van der Waals surface area contributed by atoms with Crippen LogP contribution in [-0.4, -0.2) is 46.8 Å². The minimum atomic E-state index is -1.03. The molecule has 8 heteroatoms. The Morgan fingerprint density at radius 2 is 1.91 bits per heavy atom. The molecule has 3 aliphatic carbocycles. The van der Waals surface area contributed by atoms with E-state index < -0.39 is 65.4 Å². The van der Waals surface area contributed by atoms with Crippen molar-refractivity contribution in [1.29, 1.82) is 0 Å². The van der Waals surface area contributed by atoms with Gasteiger partial charge in [-0.3, -0.25) is 14.4 Å². The van der Waals surface area contributed by atoms with Crippen molar-refractivity contribution >= 4 is 23.9 Å². The molecule has 0 aromatic rings. The zero-order valence-electron chi connectivity index (χ0n) is 18.7. The molecular formula is C24H32O8. The maximum atomic E-state index is 12.9. The van der Waals surface area contributed by atoms with Gasteiger partial charge < -0.3 is 19.3 Å². The summed E-state index contributed by atoms with van der Waals surface area (Å²) in [5, 5.41) is 9.61. The van der Waals surface area contributed by atoms with E-state index in [-0.39, 0.29) is 5.92 Å². The number of esters is 3. The number of aliphatic carboxylic acids is 1. The van der Waals surface area contributed by atoms with Crippen LogP contribution >= 0.6 is 0 Å². The van der Waals surface area contributed by atoms with E-state index in [4.69, 9.17) is 14.2 Å². The highest BCUT2D eigenvalue weighted by atomic mass is 16.6. The second-order valence-corrected chi connectivity index (χ2v) is 10.1. The van der Waals surface area contributed by atoms with Gasteiger partial charge in [0.2, 0.25) is 0 Å². The standard InChI is InChI=1S/C24H32O8/c1-12(2)21(27)32-24(8-5-4-6-9-24)10-7-13(3)22(28)30-18-14-11-15-17(16(14)20(25)26)23(29)31-19(15)18/h13-19H,1,4-11H2,2-3H3,(H,25,26). The smallest absolute Gasteiger partial charge is 0.333 e. The normalized spacial score (nSPS) is 35.1. The second-order valence-electron chi connectivity index (χ2n) is 10.1. The van der Waals surface area contributed by atoms with Gasteiger partial charge in [0.1, 0.15) is 17.8 Å². The van der Waals surface area contributed by atoms with Crippen molar-refractivity contribution in [3.63, 3.8) is 0 Å². The molecule has 1 aliphatic heterocycles. The van der Waals surface area contributed by atoms with E-state index in [1.807, 2.05) is 0 Å². The van der Waals surface area contributed by atoms with Gasteiger partial charge in [-0.2, -0.15) is 0 Å². The molecule has 7 unspecified atom stereocenters. The first-order chi connectivity index (χ1) is 15.1. The summed E-state index contributed by atoms with van der Waals surface area (Å²) in [4.78, 5) is 49.0. The van der Waals surface area contributed by atoms with Gasteiger partial charge in [0.15, 0.2) is 0 Å². The lowest BCUT2D eigenvalue weighted by Gasteiger charge is -2.37. The van der Waals surface area contributed by atoms with Gasteiger partial charge in [-0.05, 0) is 51.9 Å². The Bertz CT molecular complexity index is 826. The number of carbonyl (C=O) groups excluding carboxylic acids is 3. The van der Waals surface area contributed by atoms with Crippen LogP contribution in [0.4, 0.5) is 0 Å². The van der Waals surface area contributed by atoms with E-state index in [2.05, 4.69) is 6.58 Å². The fourth-order valence-electron chi connectivity index (χ4n) is 6.21. The van der Waals surface area contributed by atoms with Crippen LogP contribution in [0.25, 0.3) is 0 Å². The van der Waals surface area contributed by atoms with Crippen LogP contribution in [0.3, 0.4) is 0 Å².